The summed E-state index contributed by atoms with van der Waals surface area (Å²) in [6.45, 7) is -0.346. The molecule has 4 N–H and O–H groups in total. The van der Waals surface area contributed by atoms with Gasteiger partial charge in [-0.3, -0.25) is 0 Å². The molecule has 1 fully saturated rings. The second-order valence-corrected chi connectivity index (χ2v) is 5.21. The maximum atomic E-state index is 9.82. The smallest absolute Gasteiger partial charge is 0.181 e. The van der Waals surface area contributed by atoms with Crippen molar-refractivity contribution >= 4 is 22.9 Å². The number of rotatable bonds is 3. The summed E-state index contributed by atoms with van der Waals surface area (Å²) in [6.07, 6.45) is 0.0191. The summed E-state index contributed by atoms with van der Waals surface area (Å²) in [7, 11) is 0. The fourth-order valence-electron chi connectivity index (χ4n) is 1.87. The molecule has 0 bridgehead atoms. The molecule has 19 heavy (non-hydrogen) atoms. The zero-order valence-corrected chi connectivity index (χ0v) is 10.5. The zero-order valence-electron chi connectivity index (χ0n) is 9.67. The Morgan fingerprint density at radius 1 is 1.37 bits per heavy atom. The molecule has 2 aromatic heterocycles. The molecule has 0 amide bonds. The molecule has 1 saturated heterocycles. The quantitative estimate of drug-likeness (QED) is 0.559. The summed E-state index contributed by atoms with van der Waals surface area (Å²) in [5.74, 6) is 0. The van der Waals surface area contributed by atoms with Gasteiger partial charge in [0.05, 0.1) is 12.8 Å². The Bertz CT molecular complexity index is 546. The maximum Gasteiger partial charge on any atom is 0.181 e. The molecule has 0 aliphatic carbocycles. The molecule has 1 aliphatic heterocycles. The number of imidazole rings is 1. The lowest BCUT2D eigenvalue weighted by Gasteiger charge is -2.11. The SMILES string of the molecule is OC[C@H]1OC(Sc2nc3ncncc3[nH]2)[C@@H](O)[C@@H]1O. The monoisotopic (exact) mass is 284 g/mol. The Morgan fingerprint density at radius 2 is 2.21 bits per heavy atom. The van der Waals surface area contributed by atoms with Gasteiger partial charge in [-0.1, -0.05) is 11.8 Å². The van der Waals surface area contributed by atoms with Gasteiger partial charge in [0.15, 0.2) is 10.8 Å². The van der Waals surface area contributed by atoms with Gasteiger partial charge >= 0.3 is 0 Å². The second kappa shape index (κ2) is 5.02. The predicted molar refractivity (Wildman–Crippen MR) is 65.3 cm³/mol. The van der Waals surface area contributed by atoms with E-state index in [0.717, 1.165) is 11.8 Å². The zero-order chi connectivity index (χ0) is 13.4. The van der Waals surface area contributed by atoms with Gasteiger partial charge in [0.25, 0.3) is 0 Å². The third kappa shape index (κ3) is 2.30. The van der Waals surface area contributed by atoms with E-state index < -0.39 is 23.7 Å². The van der Waals surface area contributed by atoms with Crippen LogP contribution in [0.15, 0.2) is 17.7 Å². The number of nitrogens with one attached hydrogen (secondary N) is 1. The molecule has 1 aliphatic rings. The number of thioether (sulfide) groups is 1. The van der Waals surface area contributed by atoms with Gasteiger partial charge in [0.1, 0.15) is 35.6 Å². The van der Waals surface area contributed by atoms with Crippen LogP contribution in [0.5, 0.6) is 0 Å². The number of aromatic nitrogens is 4. The number of hydrogen-bond acceptors (Lipinski definition) is 8. The second-order valence-electron chi connectivity index (χ2n) is 4.13. The molecule has 4 atom stereocenters. The lowest BCUT2D eigenvalue weighted by Crippen LogP contribution is -2.33. The molecule has 0 saturated carbocycles. The average Bonchev–Trinajstić information content (AvgIpc) is 2.94. The van der Waals surface area contributed by atoms with Crippen LogP contribution in [0.2, 0.25) is 0 Å². The highest BCUT2D eigenvalue weighted by Gasteiger charge is 2.43. The van der Waals surface area contributed by atoms with E-state index in [2.05, 4.69) is 19.9 Å². The Kier molecular flexibility index (Phi) is 3.37. The van der Waals surface area contributed by atoms with Crippen molar-refractivity contribution in [3.05, 3.63) is 12.5 Å². The first-order chi connectivity index (χ1) is 9.19. The van der Waals surface area contributed by atoms with E-state index in [4.69, 9.17) is 9.84 Å². The molecule has 3 heterocycles. The van der Waals surface area contributed by atoms with Crippen molar-refractivity contribution in [3.63, 3.8) is 0 Å². The van der Waals surface area contributed by atoms with Gasteiger partial charge in [0, 0.05) is 0 Å². The van der Waals surface area contributed by atoms with E-state index in [1.807, 2.05) is 0 Å². The first-order valence-electron chi connectivity index (χ1n) is 5.64. The largest absolute Gasteiger partial charge is 0.394 e. The normalized spacial score (nSPS) is 31.1. The molecule has 9 heteroatoms. The van der Waals surface area contributed by atoms with E-state index in [1.165, 1.54) is 6.33 Å². The van der Waals surface area contributed by atoms with Gasteiger partial charge in [-0.25, -0.2) is 15.0 Å². The third-order valence-corrected chi connectivity index (χ3v) is 3.91. The number of aliphatic hydroxyl groups excluding tert-OH is 3. The molecule has 8 nitrogen and oxygen atoms in total. The minimum Gasteiger partial charge on any atom is -0.394 e. The summed E-state index contributed by atoms with van der Waals surface area (Å²) in [5, 5.41) is 29.0. The number of H-pyrrole nitrogens is 1. The summed E-state index contributed by atoms with van der Waals surface area (Å²) in [4.78, 5) is 15.0. The minimum atomic E-state index is -1.10. The molecule has 2 aromatic rings. The van der Waals surface area contributed by atoms with Crippen molar-refractivity contribution in [2.75, 3.05) is 6.61 Å². The van der Waals surface area contributed by atoms with Gasteiger partial charge < -0.3 is 25.0 Å². The van der Waals surface area contributed by atoms with Gasteiger partial charge in [-0.05, 0) is 0 Å². The van der Waals surface area contributed by atoms with Crippen LogP contribution in [0.4, 0.5) is 0 Å². The number of nitrogens with zero attached hydrogens (tertiary/aromatic N) is 3. The Balaban J connectivity index is 1.78. The molecule has 0 radical (unpaired) electrons. The van der Waals surface area contributed by atoms with Crippen molar-refractivity contribution in [2.24, 2.45) is 0 Å². The summed E-state index contributed by atoms with van der Waals surface area (Å²) in [6, 6.07) is 0. The van der Waals surface area contributed by atoms with Crippen LogP contribution in [0.25, 0.3) is 11.2 Å². The number of aromatic amines is 1. The van der Waals surface area contributed by atoms with Crippen molar-refractivity contribution in [3.8, 4) is 0 Å². The van der Waals surface area contributed by atoms with E-state index in [0.29, 0.717) is 16.3 Å². The topological polar surface area (TPSA) is 124 Å². The highest BCUT2D eigenvalue weighted by Crippen LogP contribution is 2.33. The third-order valence-electron chi connectivity index (χ3n) is 2.87. The molecule has 0 aromatic carbocycles. The minimum absolute atomic E-state index is 0.346. The number of hydrogen-bond donors (Lipinski definition) is 4. The lowest BCUT2D eigenvalue weighted by molar-refractivity contribution is -0.00810. The van der Waals surface area contributed by atoms with E-state index in [-0.39, 0.29) is 6.61 Å². The molecule has 0 spiro atoms. The molecule has 3 rings (SSSR count). The molecule has 102 valence electrons. The van der Waals surface area contributed by atoms with Gasteiger partial charge in [0.2, 0.25) is 0 Å². The first kappa shape index (κ1) is 12.8. The van der Waals surface area contributed by atoms with Crippen molar-refractivity contribution in [1.29, 1.82) is 0 Å². The van der Waals surface area contributed by atoms with Gasteiger partial charge in [-0.2, -0.15) is 0 Å². The van der Waals surface area contributed by atoms with E-state index in [9.17, 15) is 10.2 Å². The standard InChI is InChI=1S/C10H12N4O4S/c15-2-5-6(16)7(17)9(18-5)19-10-13-4-1-11-3-12-8(4)14-10/h1,3,5-7,9,15-17H,2H2,(H,11,12,13,14)/t5-,6-,7+,9?/m1/s1. The van der Waals surface area contributed by atoms with Crippen LogP contribution in [0, 0.1) is 0 Å². The maximum absolute atomic E-state index is 9.82. The fourth-order valence-corrected chi connectivity index (χ4v) is 2.90. The van der Waals surface area contributed by atoms with Crippen LogP contribution in [-0.4, -0.2) is 65.6 Å². The van der Waals surface area contributed by atoms with Crippen LogP contribution in [0.3, 0.4) is 0 Å². The van der Waals surface area contributed by atoms with Crippen LogP contribution in [0.1, 0.15) is 0 Å². The van der Waals surface area contributed by atoms with Crippen molar-refractivity contribution < 1.29 is 20.1 Å². The Hall–Kier alpha value is -1.26. The summed E-state index contributed by atoms with van der Waals surface area (Å²) < 4.78 is 5.35. The van der Waals surface area contributed by atoms with Crippen molar-refractivity contribution in [2.45, 2.75) is 28.9 Å². The highest BCUT2D eigenvalue weighted by atomic mass is 32.2. The summed E-state index contributed by atoms with van der Waals surface area (Å²) in [5.41, 5.74) is 0.502. The highest BCUT2D eigenvalue weighted by molar-refractivity contribution is 7.99. The molecule has 1 unspecified atom stereocenters. The number of aliphatic hydroxyl groups is 3. The lowest BCUT2D eigenvalue weighted by atomic mass is 10.2. The Morgan fingerprint density at radius 3 is 2.89 bits per heavy atom. The first-order valence-corrected chi connectivity index (χ1v) is 6.52. The van der Waals surface area contributed by atoms with Crippen LogP contribution >= 0.6 is 11.8 Å². The van der Waals surface area contributed by atoms with E-state index in [1.54, 1.807) is 6.20 Å². The van der Waals surface area contributed by atoms with Crippen LogP contribution in [-0.2, 0) is 4.74 Å². The molecular formula is C10H12N4O4S. The average molecular weight is 284 g/mol. The van der Waals surface area contributed by atoms with Gasteiger partial charge in [-0.15, -0.1) is 0 Å². The summed E-state index contributed by atoms with van der Waals surface area (Å²) >= 11 is 1.13. The predicted octanol–water partition coefficient (Wildman–Crippen LogP) is -1.12. The number of fused-ring (bicyclic) bond motifs is 1. The fraction of sp³-hybridized carbons (Fsp3) is 0.500. The van der Waals surface area contributed by atoms with Crippen molar-refractivity contribution in [1.82, 2.24) is 19.9 Å². The van der Waals surface area contributed by atoms with Crippen LogP contribution < -0.4 is 0 Å². The molecular weight excluding hydrogens is 272 g/mol. The van der Waals surface area contributed by atoms with E-state index >= 15 is 0 Å². The number of ether oxygens (including phenoxy) is 1. The Labute approximate surface area is 111 Å².